The van der Waals surface area contributed by atoms with Crippen LogP contribution in [-0.4, -0.2) is 19.5 Å². The zero-order valence-electron chi connectivity index (χ0n) is 34.2. The molecule has 59 heavy (non-hydrogen) atoms. The van der Waals surface area contributed by atoms with Gasteiger partial charge in [-0.3, -0.25) is 0 Å². The second-order valence-corrected chi connectivity index (χ2v) is 18.8. The van der Waals surface area contributed by atoms with E-state index in [1.165, 1.54) is 69.9 Å². The molecule has 4 nitrogen and oxygen atoms in total. The van der Waals surface area contributed by atoms with Crippen LogP contribution in [0.4, 0.5) is 0 Å². The minimum atomic E-state index is 0.0101. The third-order valence-corrected chi connectivity index (χ3v) is 15.3. The number of hydrogen-bond acceptors (Lipinski definition) is 4. The van der Waals surface area contributed by atoms with Gasteiger partial charge in [-0.2, -0.15) is 0 Å². The van der Waals surface area contributed by atoms with Gasteiger partial charge in [0.2, 0.25) is 0 Å². The molecule has 0 saturated heterocycles. The highest BCUT2D eigenvalue weighted by Crippen LogP contribution is 2.62. The smallest absolute Gasteiger partial charge is 0.164 e. The van der Waals surface area contributed by atoms with Crippen molar-refractivity contribution in [2.45, 2.75) is 52.4 Å². The second-order valence-electron chi connectivity index (χ2n) is 17.8. The van der Waals surface area contributed by atoms with Crippen LogP contribution in [-0.2, 0) is 10.8 Å². The lowest BCUT2D eigenvalue weighted by atomic mass is 9.59. The molecule has 0 radical (unpaired) electrons. The average molecular weight is 781 g/mol. The fourth-order valence-electron chi connectivity index (χ4n) is 9.62. The molecule has 1 aliphatic rings. The molecule has 11 rings (SSSR count). The van der Waals surface area contributed by atoms with Crippen LogP contribution in [0.1, 0.15) is 52.7 Å². The number of nitrogens with zero attached hydrogens (tertiary/aromatic N) is 4. The fraction of sp³-hybridized carbons (Fsp3) is 0.167. The topological polar surface area (TPSA) is 43.6 Å². The number of benzene rings is 7. The Labute approximate surface area is 348 Å². The maximum Gasteiger partial charge on any atom is 0.164 e. The molecular formula is C54H44N4S. The van der Waals surface area contributed by atoms with Gasteiger partial charge < -0.3 is 4.57 Å². The van der Waals surface area contributed by atoms with Gasteiger partial charge in [-0.15, -0.1) is 11.3 Å². The maximum atomic E-state index is 5.04. The largest absolute Gasteiger partial charge is 0.309 e. The normalized spacial score (nSPS) is 15.4. The second kappa shape index (κ2) is 12.8. The first-order valence-electron chi connectivity index (χ1n) is 20.5. The van der Waals surface area contributed by atoms with E-state index in [1.807, 2.05) is 47.7 Å². The van der Waals surface area contributed by atoms with Crippen LogP contribution < -0.4 is 0 Å². The summed E-state index contributed by atoms with van der Waals surface area (Å²) in [6.07, 6.45) is 0. The lowest BCUT2D eigenvalue weighted by Crippen LogP contribution is -2.42. The molecule has 0 bridgehead atoms. The number of thiophene rings is 1. The Bertz CT molecular complexity index is 3220. The Hall–Kier alpha value is -6.43. The first-order valence-corrected chi connectivity index (χ1v) is 21.3. The van der Waals surface area contributed by atoms with E-state index in [9.17, 15) is 0 Å². The summed E-state index contributed by atoms with van der Waals surface area (Å²) in [5, 5.41) is 5.02. The van der Waals surface area contributed by atoms with Crippen LogP contribution in [0.25, 0.3) is 93.0 Å². The van der Waals surface area contributed by atoms with Gasteiger partial charge in [-0.1, -0.05) is 133 Å². The van der Waals surface area contributed by atoms with E-state index in [-0.39, 0.29) is 16.2 Å². The van der Waals surface area contributed by atoms with Crippen LogP contribution in [0.5, 0.6) is 0 Å². The molecule has 286 valence electrons. The Kier molecular flexibility index (Phi) is 7.74. The molecule has 0 unspecified atom stereocenters. The molecule has 5 heteroatoms. The van der Waals surface area contributed by atoms with E-state index in [0.29, 0.717) is 17.5 Å². The summed E-state index contributed by atoms with van der Waals surface area (Å²) in [7, 11) is 0. The van der Waals surface area contributed by atoms with Crippen molar-refractivity contribution in [2.24, 2.45) is 5.41 Å². The third kappa shape index (κ3) is 5.30. The minimum Gasteiger partial charge on any atom is -0.309 e. The summed E-state index contributed by atoms with van der Waals surface area (Å²) in [4.78, 5) is 15.0. The van der Waals surface area contributed by atoms with Crippen molar-refractivity contribution in [3.05, 3.63) is 169 Å². The zero-order chi connectivity index (χ0) is 40.3. The van der Waals surface area contributed by atoms with Crippen molar-refractivity contribution in [1.82, 2.24) is 19.5 Å². The molecule has 0 saturated carbocycles. The standard InChI is InChI=1S/C54H44N4S/c1-52(2)43-31-40-39-28-35(22-25-45(39)58(38-20-14-9-15-21-38)46(40)32-44(43)53(3,4)54(52,5)6)36-23-26-47-41(29-36)42-30-37(24-27-48(42)59-47)51-56-49(33-16-10-7-11-17-33)55-50(57-51)34-18-12-8-13-19-34/h7-32H,1-6H3. The van der Waals surface area contributed by atoms with Gasteiger partial charge >= 0.3 is 0 Å². The van der Waals surface area contributed by atoms with Crippen molar-refractivity contribution >= 4 is 53.3 Å². The predicted molar refractivity (Wildman–Crippen MR) is 249 cm³/mol. The molecule has 0 spiro atoms. The van der Waals surface area contributed by atoms with Gasteiger partial charge in [-0.05, 0) is 105 Å². The summed E-state index contributed by atoms with van der Waals surface area (Å²) in [6.45, 7) is 14.6. The quantitative estimate of drug-likeness (QED) is 0.175. The predicted octanol–water partition coefficient (Wildman–Crippen LogP) is 14.6. The Balaban J connectivity index is 1.07. The highest BCUT2D eigenvalue weighted by Gasteiger charge is 2.57. The number of aromatic nitrogens is 4. The van der Waals surface area contributed by atoms with Gasteiger partial charge in [0, 0.05) is 53.3 Å². The SMILES string of the molecule is CC1(C)c2cc3c4cc(-c5ccc6sc7ccc(-c8nc(-c9ccccc9)nc(-c9ccccc9)n8)cc7c6c5)ccc4n(-c4ccccc4)c3cc2C(C)(C)C1(C)C. The monoisotopic (exact) mass is 780 g/mol. The molecule has 0 fully saturated rings. The average Bonchev–Trinajstić information content (AvgIpc) is 3.83. The van der Waals surface area contributed by atoms with E-state index in [2.05, 4.69) is 167 Å². The van der Waals surface area contributed by atoms with Gasteiger partial charge in [0.05, 0.1) is 11.0 Å². The fourth-order valence-corrected chi connectivity index (χ4v) is 10.7. The summed E-state index contributed by atoms with van der Waals surface area (Å²) in [5.74, 6) is 1.99. The third-order valence-electron chi connectivity index (χ3n) is 14.2. The van der Waals surface area contributed by atoms with Crippen molar-refractivity contribution in [3.63, 3.8) is 0 Å². The maximum absolute atomic E-state index is 5.04. The van der Waals surface area contributed by atoms with E-state index >= 15 is 0 Å². The first-order chi connectivity index (χ1) is 28.5. The summed E-state index contributed by atoms with van der Waals surface area (Å²) in [5.41, 5.74) is 12.0. The lowest BCUT2D eigenvalue weighted by Gasteiger charge is -2.44. The van der Waals surface area contributed by atoms with Crippen molar-refractivity contribution in [1.29, 1.82) is 0 Å². The molecular weight excluding hydrogens is 737 g/mol. The molecule has 0 N–H and O–H groups in total. The van der Waals surface area contributed by atoms with Crippen molar-refractivity contribution in [3.8, 4) is 51.0 Å². The van der Waals surface area contributed by atoms with Crippen LogP contribution >= 0.6 is 11.3 Å². The molecule has 0 atom stereocenters. The Morgan fingerprint density at radius 3 is 1.41 bits per heavy atom. The number of para-hydroxylation sites is 1. The molecule has 3 heterocycles. The summed E-state index contributed by atoms with van der Waals surface area (Å²) in [6, 6.07) is 56.8. The zero-order valence-corrected chi connectivity index (χ0v) is 35.0. The van der Waals surface area contributed by atoms with Gasteiger partial charge in [0.15, 0.2) is 17.5 Å². The van der Waals surface area contributed by atoms with Crippen LogP contribution in [0.15, 0.2) is 158 Å². The van der Waals surface area contributed by atoms with E-state index in [1.54, 1.807) is 0 Å². The van der Waals surface area contributed by atoms with E-state index in [4.69, 9.17) is 15.0 Å². The molecule has 1 aliphatic carbocycles. The molecule has 0 aliphatic heterocycles. The summed E-state index contributed by atoms with van der Waals surface area (Å²) < 4.78 is 4.97. The number of hydrogen-bond donors (Lipinski definition) is 0. The van der Waals surface area contributed by atoms with Crippen molar-refractivity contribution in [2.75, 3.05) is 0 Å². The van der Waals surface area contributed by atoms with Gasteiger partial charge in [0.1, 0.15) is 0 Å². The van der Waals surface area contributed by atoms with E-state index in [0.717, 1.165) is 16.7 Å². The molecule has 7 aromatic carbocycles. The number of fused-ring (bicyclic) bond motifs is 7. The number of rotatable bonds is 5. The highest BCUT2D eigenvalue weighted by molar-refractivity contribution is 7.25. The van der Waals surface area contributed by atoms with Crippen molar-refractivity contribution < 1.29 is 0 Å². The molecule has 0 amide bonds. The molecule has 3 aromatic heterocycles. The first kappa shape index (κ1) is 35.7. The van der Waals surface area contributed by atoms with Gasteiger partial charge in [0.25, 0.3) is 0 Å². The van der Waals surface area contributed by atoms with Crippen LogP contribution in [0, 0.1) is 5.41 Å². The minimum absolute atomic E-state index is 0.0101. The molecule has 10 aromatic rings. The summed E-state index contributed by atoms with van der Waals surface area (Å²) >= 11 is 1.83. The Morgan fingerprint density at radius 1 is 0.390 bits per heavy atom. The van der Waals surface area contributed by atoms with Crippen LogP contribution in [0.3, 0.4) is 0 Å². The highest BCUT2D eigenvalue weighted by atomic mass is 32.1. The van der Waals surface area contributed by atoms with E-state index < -0.39 is 0 Å². The van der Waals surface area contributed by atoms with Crippen LogP contribution in [0.2, 0.25) is 0 Å². The van der Waals surface area contributed by atoms with Gasteiger partial charge in [-0.25, -0.2) is 15.0 Å². The Morgan fingerprint density at radius 2 is 0.831 bits per heavy atom. The lowest BCUT2D eigenvalue weighted by molar-refractivity contribution is 0.125.